The maximum Gasteiger partial charge on any atom is 0.306 e. The number of amides is 2. The molecular formula is C40H70N2O12. The molecule has 0 radical (unpaired) electrons. The number of aliphatic carboxylic acids is 3. The molecule has 0 aliphatic carbocycles. The van der Waals surface area contributed by atoms with Gasteiger partial charge in [0, 0.05) is 84.5 Å². The Labute approximate surface area is 322 Å². The number of carbonyl (C=O) groups is 7. The molecule has 0 fully saturated rings. The summed E-state index contributed by atoms with van der Waals surface area (Å²) < 4.78 is 11.3. The Kier molecular flexibility index (Phi) is 33.1. The van der Waals surface area contributed by atoms with Crippen molar-refractivity contribution in [2.75, 3.05) is 39.5 Å². The van der Waals surface area contributed by atoms with E-state index in [-0.39, 0.29) is 56.1 Å². The van der Waals surface area contributed by atoms with E-state index in [1.807, 2.05) is 0 Å². The predicted molar refractivity (Wildman–Crippen MR) is 204 cm³/mol. The number of rotatable bonds is 40. The highest BCUT2D eigenvalue weighted by Gasteiger charge is 2.22. The molecule has 0 aliphatic rings. The molecule has 0 aromatic carbocycles. The first kappa shape index (κ1) is 50.6. The van der Waals surface area contributed by atoms with Gasteiger partial charge in [0.2, 0.25) is 11.8 Å². The first-order valence-electron chi connectivity index (χ1n) is 20.3. The first-order valence-corrected chi connectivity index (χ1v) is 20.3. The Balaban J connectivity index is 3.64. The lowest BCUT2D eigenvalue weighted by molar-refractivity contribution is -0.144. The SMILES string of the molecule is C[C@@H](CCCCNC(=O)CC[C@H](CC(=O)CCC(=O)NCCCOCCCCOCCCCC(=O)CCCCCCCCCCC(=O)O)C(=O)O)C(=O)O. The van der Waals surface area contributed by atoms with Crippen molar-refractivity contribution < 1.29 is 58.4 Å². The maximum atomic E-state index is 12.3. The summed E-state index contributed by atoms with van der Waals surface area (Å²) in [6.07, 6.45) is 15.2. The number of ether oxygens (including phenoxy) is 2. The monoisotopic (exact) mass is 770 g/mol. The van der Waals surface area contributed by atoms with Crippen molar-refractivity contribution in [3.63, 3.8) is 0 Å². The van der Waals surface area contributed by atoms with Crippen LogP contribution in [0.3, 0.4) is 0 Å². The summed E-state index contributed by atoms with van der Waals surface area (Å²) in [5.74, 6) is -4.82. The van der Waals surface area contributed by atoms with Gasteiger partial charge in [-0.25, -0.2) is 0 Å². The third-order valence-electron chi connectivity index (χ3n) is 9.19. The van der Waals surface area contributed by atoms with E-state index in [0.717, 1.165) is 77.0 Å². The number of hydrogen-bond donors (Lipinski definition) is 5. The second-order valence-corrected chi connectivity index (χ2v) is 14.3. The van der Waals surface area contributed by atoms with Gasteiger partial charge in [-0.3, -0.25) is 33.6 Å². The molecule has 0 aromatic heterocycles. The highest BCUT2D eigenvalue weighted by Crippen LogP contribution is 2.15. The number of unbranched alkanes of at least 4 members (excludes halogenated alkanes) is 10. The molecule has 0 saturated heterocycles. The molecule has 0 saturated carbocycles. The van der Waals surface area contributed by atoms with E-state index in [1.165, 1.54) is 0 Å². The van der Waals surface area contributed by atoms with E-state index in [2.05, 4.69) is 10.6 Å². The van der Waals surface area contributed by atoms with Crippen molar-refractivity contribution >= 4 is 41.3 Å². The minimum Gasteiger partial charge on any atom is -0.481 e. The molecule has 0 bridgehead atoms. The fourth-order valence-electron chi connectivity index (χ4n) is 5.68. The second kappa shape index (κ2) is 35.3. The molecule has 312 valence electrons. The molecule has 0 aliphatic heterocycles. The summed E-state index contributed by atoms with van der Waals surface area (Å²) in [5.41, 5.74) is 0. The zero-order valence-corrected chi connectivity index (χ0v) is 32.9. The van der Waals surface area contributed by atoms with Gasteiger partial charge in [0.05, 0.1) is 11.8 Å². The minimum atomic E-state index is -1.16. The average Bonchev–Trinajstić information content (AvgIpc) is 3.12. The number of nitrogens with one attached hydrogen (secondary N) is 2. The van der Waals surface area contributed by atoms with Crippen LogP contribution < -0.4 is 10.6 Å². The largest absolute Gasteiger partial charge is 0.481 e. The van der Waals surface area contributed by atoms with Crippen molar-refractivity contribution in [1.82, 2.24) is 10.6 Å². The summed E-state index contributed by atoms with van der Waals surface area (Å²) in [7, 11) is 0. The average molecular weight is 771 g/mol. The fourth-order valence-corrected chi connectivity index (χ4v) is 5.68. The van der Waals surface area contributed by atoms with E-state index in [4.69, 9.17) is 19.7 Å². The lowest BCUT2D eigenvalue weighted by Crippen LogP contribution is -2.27. The number of hydrogen-bond acceptors (Lipinski definition) is 9. The van der Waals surface area contributed by atoms with Crippen molar-refractivity contribution in [1.29, 1.82) is 0 Å². The van der Waals surface area contributed by atoms with Crippen LogP contribution in [-0.4, -0.2) is 96.1 Å². The van der Waals surface area contributed by atoms with Gasteiger partial charge >= 0.3 is 17.9 Å². The summed E-state index contributed by atoms with van der Waals surface area (Å²) >= 11 is 0. The van der Waals surface area contributed by atoms with Crippen molar-refractivity contribution in [2.24, 2.45) is 11.8 Å². The van der Waals surface area contributed by atoms with Gasteiger partial charge in [0.1, 0.15) is 11.6 Å². The second-order valence-electron chi connectivity index (χ2n) is 14.3. The molecule has 0 unspecified atom stereocenters. The topological polar surface area (TPSA) is 223 Å². The third kappa shape index (κ3) is 34.4. The molecule has 2 atom stereocenters. The summed E-state index contributed by atoms with van der Waals surface area (Å²) in [5, 5.41) is 32.4. The maximum absolute atomic E-state index is 12.3. The molecule has 0 spiro atoms. The van der Waals surface area contributed by atoms with Crippen LogP contribution in [0.15, 0.2) is 0 Å². The summed E-state index contributed by atoms with van der Waals surface area (Å²) in [6.45, 7) is 4.77. The third-order valence-corrected chi connectivity index (χ3v) is 9.19. The fraction of sp³-hybridized carbons (Fsp3) is 0.825. The molecule has 0 heterocycles. The Bertz CT molecular complexity index is 1070. The Morgan fingerprint density at radius 1 is 0.463 bits per heavy atom. The van der Waals surface area contributed by atoms with Crippen molar-refractivity contribution in [3.05, 3.63) is 0 Å². The molecular weight excluding hydrogens is 700 g/mol. The lowest BCUT2D eigenvalue weighted by Gasteiger charge is -2.12. The molecule has 0 rings (SSSR count). The highest BCUT2D eigenvalue weighted by molar-refractivity contribution is 5.87. The number of carboxylic acid groups (broad SMARTS) is 3. The van der Waals surface area contributed by atoms with Crippen LogP contribution in [0, 0.1) is 11.8 Å². The minimum absolute atomic E-state index is 0.0104. The number of ketones is 2. The summed E-state index contributed by atoms with van der Waals surface area (Å²) in [6, 6.07) is 0. The van der Waals surface area contributed by atoms with Crippen LogP contribution >= 0.6 is 0 Å². The van der Waals surface area contributed by atoms with Gasteiger partial charge in [-0.05, 0) is 64.2 Å². The highest BCUT2D eigenvalue weighted by atomic mass is 16.5. The first-order chi connectivity index (χ1) is 25.9. The van der Waals surface area contributed by atoms with E-state index in [0.29, 0.717) is 83.8 Å². The number of Topliss-reactive ketones (excluding diaryl/α,β-unsaturated/α-hetero) is 2. The van der Waals surface area contributed by atoms with Gasteiger partial charge in [-0.2, -0.15) is 0 Å². The van der Waals surface area contributed by atoms with E-state index in [1.54, 1.807) is 6.92 Å². The van der Waals surface area contributed by atoms with Gasteiger partial charge in [0.15, 0.2) is 0 Å². The van der Waals surface area contributed by atoms with Crippen LogP contribution in [0.5, 0.6) is 0 Å². The normalized spacial score (nSPS) is 12.2. The molecule has 14 heteroatoms. The van der Waals surface area contributed by atoms with Crippen LogP contribution in [0.4, 0.5) is 0 Å². The van der Waals surface area contributed by atoms with Gasteiger partial charge in [0.25, 0.3) is 0 Å². The van der Waals surface area contributed by atoms with E-state index in [9.17, 15) is 38.7 Å². The van der Waals surface area contributed by atoms with E-state index >= 15 is 0 Å². The van der Waals surface area contributed by atoms with Gasteiger partial charge in [-0.15, -0.1) is 0 Å². The van der Waals surface area contributed by atoms with Gasteiger partial charge in [-0.1, -0.05) is 51.9 Å². The zero-order valence-electron chi connectivity index (χ0n) is 32.9. The number of carbonyl (C=O) groups excluding carboxylic acids is 4. The van der Waals surface area contributed by atoms with Gasteiger partial charge < -0.3 is 35.4 Å². The molecule has 54 heavy (non-hydrogen) atoms. The van der Waals surface area contributed by atoms with Crippen molar-refractivity contribution in [3.8, 4) is 0 Å². The molecule has 5 N–H and O–H groups in total. The Hall–Kier alpha value is -3.39. The van der Waals surface area contributed by atoms with E-state index < -0.39 is 29.7 Å². The lowest BCUT2D eigenvalue weighted by atomic mass is 9.95. The number of carboxylic acids is 3. The van der Waals surface area contributed by atoms with Crippen LogP contribution in [0.2, 0.25) is 0 Å². The summed E-state index contributed by atoms with van der Waals surface area (Å²) in [4.78, 5) is 81.5. The molecule has 0 aromatic rings. The van der Waals surface area contributed by atoms with Crippen LogP contribution in [0.25, 0.3) is 0 Å². The smallest absolute Gasteiger partial charge is 0.306 e. The standard InChI is InChI=1S/C40H70N2O12/c1-32(39(49)50)17-10-12-25-41-36(45)23-21-33(40(51)52)31-35(44)22-24-37(46)42-26-16-30-54-29-15-14-28-53-27-13-11-19-34(43)18-8-6-4-2-3-5-7-9-20-38(47)48/h32-33H,2-31H2,1H3,(H,41,45)(H,42,46)(H,47,48)(H,49,50)(H,51,52)/t32-,33+/m0/s1. The Morgan fingerprint density at radius 2 is 0.944 bits per heavy atom. The quantitative estimate of drug-likeness (QED) is 0.0436. The molecule has 2 amide bonds. The molecule has 14 nitrogen and oxygen atoms in total. The van der Waals surface area contributed by atoms with Crippen LogP contribution in [-0.2, 0) is 43.0 Å². The predicted octanol–water partition coefficient (Wildman–Crippen LogP) is 6.26. The van der Waals surface area contributed by atoms with Crippen molar-refractivity contribution in [2.45, 2.75) is 161 Å². The zero-order chi connectivity index (χ0) is 40.2. The Morgan fingerprint density at radius 3 is 1.50 bits per heavy atom. The van der Waals surface area contributed by atoms with Crippen LogP contribution in [0.1, 0.15) is 161 Å².